The minimum Gasteiger partial charge on any atom is -0.508 e. The van der Waals surface area contributed by atoms with Gasteiger partial charge in [-0.05, 0) is 24.5 Å². The van der Waals surface area contributed by atoms with Gasteiger partial charge in [0.05, 0.1) is 17.2 Å². The monoisotopic (exact) mass is 283 g/mol. The van der Waals surface area contributed by atoms with Gasteiger partial charge in [0.1, 0.15) is 17.1 Å². The van der Waals surface area contributed by atoms with Gasteiger partial charge in [-0.25, -0.2) is 4.98 Å². The largest absolute Gasteiger partial charge is 0.508 e. The Kier molecular flexibility index (Phi) is 3.53. The zero-order valence-electron chi connectivity index (χ0n) is 12.8. The van der Waals surface area contributed by atoms with Gasteiger partial charge in [0, 0.05) is 24.4 Å². The molecule has 3 aromatic rings. The molecule has 0 saturated carbocycles. The number of fused-ring (bicyclic) bond motifs is 3. The normalized spacial score (nSPS) is 11.8. The van der Waals surface area contributed by atoms with Crippen molar-refractivity contribution in [1.29, 1.82) is 0 Å². The number of phenols is 1. The molecule has 0 radical (unpaired) electrons. The maximum atomic E-state index is 9.64. The molecule has 0 spiro atoms. The number of aryl methyl sites for hydroxylation is 1. The Bertz CT molecular complexity index is 789. The number of benzene rings is 1. The molecule has 110 valence electrons. The predicted octanol–water partition coefficient (Wildman–Crippen LogP) is 3.90. The molecule has 0 amide bonds. The highest BCUT2D eigenvalue weighted by Gasteiger charge is 2.14. The van der Waals surface area contributed by atoms with E-state index >= 15 is 0 Å². The Hall–Kier alpha value is -2.10. The van der Waals surface area contributed by atoms with Gasteiger partial charge >= 0.3 is 0 Å². The summed E-state index contributed by atoms with van der Waals surface area (Å²) >= 11 is 0. The Balaban J connectivity index is 2.33. The Labute approximate surface area is 124 Å². The van der Waals surface area contributed by atoms with E-state index in [2.05, 4.69) is 30.3 Å². The van der Waals surface area contributed by atoms with Crippen molar-refractivity contribution in [2.75, 3.05) is 0 Å². The van der Waals surface area contributed by atoms with Crippen LogP contribution in [0.3, 0.4) is 0 Å². The molecule has 0 fully saturated rings. The molecule has 0 bridgehead atoms. The second kappa shape index (κ2) is 5.35. The molecular weight excluding hydrogens is 262 g/mol. The van der Waals surface area contributed by atoms with Crippen LogP contribution in [0.2, 0.25) is 0 Å². The molecule has 0 aliphatic rings. The number of aromatic nitrogens is 3. The van der Waals surface area contributed by atoms with Crippen LogP contribution in [-0.2, 0) is 13.0 Å². The first-order valence-electron chi connectivity index (χ1n) is 7.57. The van der Waals surface area contributed by atoms with Crippen molar-refractivity contribution in [3.8, 4) is 5.75 Å². The van der Waals surface area contributed by atoms with Crippen LogP contribution < -0.4 is 0 Å². The number of aromatic hydroxyl groups is 1. The van der Waals surface area contributed by atoms with Crippen LogP contribution in [0.25, 0.3) is 21.9 Å². The van der Waals surface area contributed by atoms with E-state index in [1.54, 1.807) is 12.1 Å². The average Bonchev–Trinajstić information content (AvgIpc) is 2.76. The Morgan fingerprint density at radius 3 is 2.76 bits per heavy atom. The third-order valence-corrected chi connectivity index (χ3v) is 3.66. The fourth-order valence-corrected chi connectivity index (χ4v) is 2.83. The van der Waals surface area contributed by atoms with E-state index in [1.807, 2.05) is 12.3 Å². The quantitative estimate of drug-likeness (QED) is 0.790. The Morgan fingerprint density at radius 2 is 2.05 bits per heavy atom. The molecule has 0 aliphatic heterocycles. The fraction of sp³-hybridized carbons (Fsp3) is 0.412. The number of nitrogens with zero attached hydrogens (tertiary/aromatic N) is 3. The lowest BCUT2D eigenvalue weighted by Crippen LogP contribution is -2.08. The van der Waals surface area contributed by atoms with Crippen LogP contribution in [0, 0.1) is 5.92 Å². The number of imidazole rings is 1. The SMILES string of the molecule is CCCc1nc2cnc3cc(O)ccc3c2n1CC(C)C. The van der Waals surface area contributed by atoms with E-state index in [0.717, 1.165) is 47.1 Å². The van der Waals surface area contributed by atoms with Crippen LogP contribution in [0.1, 0.15) is 33.0 Å². The van der Waals surface area contributed by atoms with Crippen LogP contribution in [-0.4, -0.2) is 19.6 Å². The number of hydrogen-bond acceptors (Lipinski definition) is 3. The lowest BCUT2D eigenvalue weighted by atomic mass is 10.1. The maximum absolute atomic E-state index is 9.64. The summed E-state index contributed by atoms with van der Waals surface area (Å²) in [5.74, 6) is 1.93. The standard InChI is InChI=1S/C17H21N3O/c1-4-5-16-19-15-9-18-14-8-12(21)6-7-13(14)17(15)20(16)10-11(2)3/h6-9,11,21H,4-5,10H2,1-3H3. The molecule has 4 heteroatoms. The van der Waals surface area contributed by atoms with Crippen molar-refractivity contribution in [3.05, 3.63) is 30.2 Å². The molecule has 2 heterocycles. The highest BCUT2D eigenvalue weighted by molar-refractivity contribution is 6.02. The first-order chi connectivity index (χ1) is 10.1. The zero-order chi connectivity index (χ0) is 15.0. The van der Waals surface area contributed by atoms with Crippen LogP contribution in [0.4, 0.5) is 0 Å². The summed E-state index contributed by atoms with van der Waals surface area (Å²) in [5, 5.41) is 10.7. The van der Waals surface area contributed by atoms with Gasteiger partial charge in [0.15, 0.2) is 0 Å². The van der Waals surface area contributed by atoms with Crippen LogP contribution in [0.5, 0.6) is 5.75 Å². The predicted molar refractivity (Wildman–Crippen MR) is 85.5 cm³/mol. The van der Waals surface area contributed by atoms with Gasteiger partial charge in [-0.1, -0.05) is 20.8 Å². The third kappa shape index (κ3) is 2.46. The molecule has 0 unspecified atom stereocenters. The maximum Gasteiger partial charge on any atom is 0.117 e. The number of rotatable bonds is 4. The number of hydrogen-bond donors (Lipinski definition) is 1. The number of phenolic OH excluding ortho intramolecular Hbond substituents is 1. The summed E-state index contributed by atoms with van der Waals surface area (Å²) in [4.78, 5) is 9.19. The zero-order valence-corrected chi connectivity index (χ0v) is 12.8. The topological polar surface area (TPSA) is 50.9 Å². The summed E-state index contributed by atoms with van der Waals surface area (Å²) in [6.45, 7) is 7.56. The van der Waals surface area contributed by atoms with Crippen molar-refractivity contribution in [1.82, 2.24) is 14.5 Å². The van der Waals surface area contributed by atoms with Gasteiger partial charge in [0.2, 0.25) is 0 Å². The summed E-state index contributed by atoms with van der Waals surface area (Å²) < 4.78 is 2.32. The van der Waals surface area contributed by atoms with E-state index in [1.165, 1.54) is 0 Å². The van der Waals surface area contributed by atoms with Gasteiger partial charge in [-0.3, -0.25) is 4.98 Å². The lowest BCUT2D eigenvalue weighted by molar-refractivity contribution is 0.476. The minimum atomic E-state index is 0.248. The fourth-order valence-electron chi connectivity index (χ4n) is 2.83. The van der Waals surface area contributed by atoms with Crippen LogP contribution in [0.15, 0.2) is 24.4 Å². The molecule has 4 nitrogen and oxygen atoms in total. The molecule has 21 heavy (non-hydrogen) atoms. The highest BCUT2D eigenvalue weighted by atomic mass is 16.3. The smallest absolute Gasteiger partial charge is 0.117 e. The Morgan fingerprint density at radius 1 is 1.24 bits per heavy atom. The highest BCUT2D eigenvalue weighted by Crippen LogP contribution is 2.28. The van der Waals surface area contributed by atoms with Crippen molar-refractivity contribution >= 4 is 21.9 Å². The van der Waals surface area contributed by atoms with E-state index in [9.17, 15) is 5.11 Å². The van der Waals surface area contributed by atoms with E-state index in [4.69, 9.17) is 4.98 Å². The third-order valence-electron chi connectivity index (χ3n) is 3.66. The van der Waals surface area contributed by atoms with Crippen molar-refractivity contribution in [2.45, 2.75) is 40.2 Å². The summed E-state index contributed by atoms with van der Waals surface area (Å²) in [7, 11) is 0. The first-order valence-corrected chi connectivity index (χ1v) is 7.57. The summed E-state index contributed by atoms with van der Waals surface area (Å²) in [5.41, 5.74) is 2.89. The van der Waals surface area contributed by atoms with Gasteiger partial charge in [0.25, 0.3) is 0 Å². The molecule has 1 aromatic carbocycles. The summed E-state index contributed by atoms with van der Waals surface area (Å²) in [6.07, 6.45) is 3.86. The van der Waals surface area contributed by atoms with Crippen molar-refractivity contribution < 1.29 is 5.11 Å². The van der Waals surface area contributed by atoms with Crippen molar-refractivity contribution in [2.24, 2.45) is 5.92 Å². The molecule has 0 saturated heterocycles. The molecule has 2 aromatic heterocycles. The first kappa shape index (κ1) is 13.9. The summed E-state index contributed by atoms with van der Waals surface area (Å²) in [6, 6.07) is 5.37. The lowest BCUT2D eigenvalue weighted by Gasteiger charge is -2.12. The molecule has 0 atom stereocenters. The van der Waals surface area contributed by atoms with Gasteiger partial charge < -0.3 is 9.67 Å². The van der Waals surface area contributed by atoms with E-state index in [0.29, 0.717) is 5.92 Å². The van der Waals surface area contributed by atoms with Crippen LogP contribution >= 0.6 is 0 Å². The second-order valence-electron chi connectivity index (χ2n) is 5.98. The molecule has 3 rings (SSSR count). The number of pyridine rings is 1. The minimum absolute atomic E-state index is 0.248. The molecule has 0 aliphatic carbocycles. The second-order valence-corrected chi connectivity index (χ2v) is 5.98. The average molecular weight is 283 g/mol. The molecule has 1 N–H and O–H groups in total. The molecular formula is C17H21N3O. The van der Waals surface area contributed by atoms with E-state index in [-0.39, 0.29) is 5.75 Å². The van der Waals surface area contributed by atoms with Gasteiger partial charge in [-0.2, -0.15) is 0 Å². The van der Waals surface area contributed by atoms with E-state index < -0.39 is 0 Å². The van der Waals surface area contributed by atoms with Crippen molar-refractivity contribution in [3.63, 3.8) is 0 Å². The van der Waals surface area contributed by atoms with Gasteiger partial charge in [-0.15, -0.1) is 0 Å².